The van der Waals surface area contributed by atoms with Gasteiger partial charge in [-0.25, -0.2) is 0 Å². The van der Waals surface area contributed by atoms with Gasteiger partial charge in [0.05, 0.1) is 0 Å². The van der Waals surface area contributed by atoms with Crippen LogP contribution in [0.2, 0.25) is 0 Å². The zero-order valence-corrected chi connectivity index (χ0v) is 12.5. The topological polar surface area (TPSA) is 81.7 Å². The quantitative estimate of drug-likeness (QED) is 0.281. The Bertz CT molecular complexity index is 470. The number of carbonyl (C=O) groups excluding carboxylic acids is 2. The van der Waals surface area contributed by atoms with E-state index in [1.807, 2.05) is 22.6 Å². The van der Waals surface area contributed by atoms with Crippen LogP contribution in [0.3, 0.4) is 0 Å². The normalized spacial score (nSPS) is 16.5. The first-order valence-electron chi connectivity index (χ1n) is 4.04. The van der Waals surface area contributed by atoms with Gasteiger partial charge >= 0.3 is 117 Å². The summed E-state index contributed by atoms with van der Waals surface area (Å²) in [6, 6.07) is 3.56. The van der Waals surface area contributed by atoms with Gasteiger partial charge < -0.3 is 0 Å². The van der Waals surface area contributed by atoms with E-state index in [1.54, 1.807) is 17.1 Å². The molecule has 0 spiro atoms. The van der Waals surface area contributed by atoms with Gasteiger partial charge in [-0.05, 0) is 0 Å². The Kier molecular flexibility index (Phi) is 4.62. The Hall–Kier alpha value is -0.740. The van der Waals surface area contributed by atoms with E-state index in [2.05, 4.69) is 0 Å². The van der Waals surface area contributed by atoms with E-state index in [0.717, 1.165) is 0 Å². The summed E-state index contributed by atoms with van der Waals surface area (Å²) < 4.78 is 0.530. The summed E-state index contributed by atoms with van der Waals surface area (Å²) in [5, 5.41) is 17.8. The molecule has 0 aliphatic heterocycles. The van der Waals surface area contributed by atoms with Crippen LogP contribution in [0.1, 0.15) is 0 Å². The fourth-order valence-electron chi connectivity index (χ4n) is 1.25. The Morgan fingerprint density at radius 3 is 2.12 bits per heavy atom. The average molecular weight is 439 g/mol. The summed E-state index contributed by atoms with van der Waals surface area (Å²) in [5.41, 5.74) is 0.00627. The van der Waals surface area contributed by atoms with Crippen LogP contribution in [-0.4, -0.2) is 20.9 Å². The van der Waals surface area contributed by atoms with Gasteiger partial charge in [0.1, 0.15) is 0 Å². The number of nitriles is 2. The molecule has 0 saturated carbocycles. The van der Waals surface area contributed by atoms with E-state index in [4.69, 9.17) is 10.5 Å². The summed E-state index contributed by atoms with van der Waals surface area (Å²) in [6.45, 7) is 0. The Labute approximate surface area is 116 Å². The van der Waals surface area contributed by atoms with Crippen molar-refractivity contribution in [1.29, 1.82) is 10.5 Å². The SMILES string of the molecule is C[I-]C1=C(C#N)C(=O)C(CI)=C(C#N)C1=O. The van der Waals surface area contributed by atoms with Crippen molar-refractivity contribution >= 4 is 34.2 Å². The Balaban J connectivity index is 3.50. The van der Waals surface area contributed by atoms with Gasteiger partial charge in [-0.2, -0.15) is 0 Å². The molecule has 1 aliphatic rings. The Morgan fingerprint density at radius 2 is 1.75 bits per heavy atom. The molecule has 0 radical (unpaired) electrons. The van der Waals surface area contributed by atoms with Gasteiger partial charge in [-0.1, -0.05) is 0 Å². The molecule has 0 saturated heterocycles. The number of rotatable bonds is 2. The first-order valence-corrected chi connectivity index (χ1v) is 8.81. The van der Waals surface area contributed by atoms with Crippen molar-refractivity contribution in [1.82, 2.24) is 0 Å². The van der Waals surface area contributed by atoms with Gasteiger partial charge in [-0.15, -0.1) is 0 Å². The van der Waals surface area contributed by atoms with Crippen LogP contribution in [0.5, 0.6) is 0 Å². The second kappa shape index (κ2) is 5.55. The van der Waals surface area contributed by atoms with Crippen molar-refractivity contribution in [2.24, 2.45) is 0 Å². The van der Waals surface area contributed by atoms with Gasteiger partial charge in [0.25, 0.3) is 0 Å². The summed E-state index contributed by atoms with van der Waals surface area (Å²) >= 11 is 1.22. The molecule has 0 unspecified atom stereocenters. The van der Waals surface area contributed by atoms with E-state index in [-0.39, 0.29) is 24.7 Å². The van der Waals surface area contributed by atoms with E-state index in [0.29, 0.717) is 0 Å². The van der Waals surface area contributed by atoms with Crippen LogP contribution >= 0.6 is 22.6 Å². The second-order valence-corrected chi connectivity index (χ2v) is 5.67. The summed E-state index contributed by atoms with van der Waals surface area (Å²) in [5.74, 6) is -0.884. The van der Waals surface area contributed by atoms with E-state index in [1.165, 1.54) is 0 Å². The third kappa shape index (κ3) is 2.04. The fraction of sp³-hybridized carbons (Fsp3) is 0.200. The molecule has 0 aromatic rings. The molecule has 6 heteroatoms. The molecule has 1 rings (SSSR count). The van der Waals surface area contributed by atoms with Crippen molar-refractivity contribution < 1.29 is 30.8 Å². The third-order valence-corrected chi connectivity index (χ3v) is 4.87. The fourth-order valence-corrected chi connectivity index (χ4v) is 3.64. The van der Waals surface area contributed by atoms with Crippen LogP contribution in [-0.2, 0) is 9.59 Å². The summed E-state index contributed by atoms with van der Waals surface area (Å²) in [4.78, 5) is 25.5. The van der Waals surface area contributed by atoms with E-state index >= 15 is 0 Å². The molecule has 0 heterocycles. The van der Waals surface area contributed by atoms with Crippen molar-refractivity contribution in [2.75, 3.05) is 9.36 Å². The number of carbonyl (C=O) groups is 2. The number of halogens is 2. The van der Waals surface area contributed by atoms with Crippen LogP contribution in [0.4, 0.5) is 0 Å². The maximum atomic E-state index is 11.9. The molecule has 0 bridgehead atoms. The van der Waals surface area contributed by atoms with Crippen molar-refractivity contribution in [2.45, 2.75) is 0 Å². The zero-order chi connectivity index (χ0) is 12.3. The first kappa shape index (κ1) is 13.3. The average Bonchev–Trinajstić information content (AvgIpc) is 2.30. The molecular formula is C10H5I2N2O2-. The second-order valence-electron chi connectivity index (χ2n) is 2.75. The molecule has 0 fully saturated rings. The van der Waals surface area contributed by atoms with Gasteiger partial charge in [0.2, 0.25) is 0 Å². The van der Waals surface area contributed by atoms with Crippen molar-refractivity contribution in [3.05, 3.63) is 20.3 Å². The molecule has 16 heavy (non-hydrogen) atoms. The van der Waals surface area contributed by atoms with Crippen LogP contribution < -0.4 is 21.2 Å². The molecule has 0 atom stereocenters. The predicted molar refractivity (Wildman–Crippen MR) is 60.1 cm³/mol. The molecular weight excluding hydrogens is 434 g/mol. The minimum atomic E-state index is -0.687. The zero-order valence-electron chi connectivity index (χ0n) is 8.17. The van der Waals surface area contributed by atoms with Gasteiger partial charge in [0, 0.05) is 0 Å². The molecule has 0 aromatic carbocycles. The van der Waals surface area contributed by atoms with Crippen molar-refractivity contribution in [3.8, 4) is 12.1 Å². The van der Waals surface area contributed by atoms with Gasteiger partial charge in [-0.3, -0.25) is 0 Å². The number of nitrogens with zero attached hydrogens (tertiary/aromatic N) is 2. The van der Waals surface area contributed by atoms with Crippen LogP contribution in [0, 0.1) is 22.7 Å². The summed E-state index contributed by atoms with van der Waals surface area (Å²) in [7, 11) is 0. The molecule has 82 valence electrons. The first-order chi connectivity index (χ1) is 7.62. The number of Topliss-reactive ketones (excluding diaryl/α,β-unsaturated/α-hetero) is 2. The third-order valence-electron chi connectivity index (χ3n) is 2.00. The number of alkyl halides is 2. The van der Waals surface area contributed by atoms with Crippen molar-refractivity contribution in [3.63, 3.8) is 0 Å². The number of allylic oxidation sites excluding steroid dienone is 4. The molecule has 0 aromatic heterocycles. The minimum absolute atomic E-state index is 0.0639. The maximum absolute atomic E-state index is 11.9. The van der Waals surface area contributed by atoms with Crippen LogP contribution in [0.15, 0.2) is 20.3 Å². The van der Waals surface area contributed by atoms with Crippen LogP contribution in [0.25, 0.3) is 0 Å². The summed E-state index contributed by atoms with van der Waals surface area (Å²) in [6.07, 6.45) is 0. The number of hydrogen-bond acceptors (Lipinski definition) is 4. The molecule has 4 nitrogen and oxygen atoms in total. The predicted octanol–water partition coefficient (Wildman–Crippen LogP) is -2.11. The van der Waals surface area contributed by atoms with Gasteiger partial charge in [0.15, 0.2) is 0 Å². The molecule has 1 aliphatic carbocycles. The molecule has 0 N–H and O–H groups in total. The van der Waals surface area contributed by atoms with E-state index < -0.39 is 32.8 Å². The Morgan fingerprint density at radius 1 is 1.19 bits per heavy atom. The molecule has 0 amide bonds. The number of ketones is 2. The number of hydrogen-bond donors (Lipinski definition) is 0. The monoisotopic (exact) mass is 439 g/mol. The van der Waals surface area contributed by atoms with E-state index in [9.17, 15) is 9.59 Å². The standard InChI is InChI=1S/C10H5I2N2O2/c1-12-8-7(4-14)9(15)5(2-11)6(3-13)10(8)16/h2H2,1H3/q-1.